The summed E-state index contributed by atoms with van der Waals surface area (Å²) in [5.74, 6) is 0.679. The van der Waals surface area contributed by atoms with E-state index >= 15 is 0 Å². The molecule has 6 nitrogen and oxygen atoms in total. The molecule has 0 aliphatic heterocycles. The molecule has 0 atom stereocenters. The number of nitrogens with zero attached hydrogens (tertiary/aromatic N) is 2. The molecule has 0 bridgehead atoms. The third-order valence-electron chi connectivity index (χ3n) is 3.34. The molecule has 0 aliphatic rings. The minimum atomic E-state index is 0.0220. The number of rotatable bonds is 7. The summed E-state index contributed by atoms with van der Waals surface area (Å²) in [6.45, 7) is 1.43. The number of H-pyrrole nitrogens is 1. The van der Waals surface area contributed by atoms with Gasteiger partial charge in [-0.1, -0.05) is 11.6 Å². The summed E-state index contributed by atoms with van der Waals surface area (Å²) >= 11 is 6.14. The average molecular weight is 333 g/mol. The molecule has 0 radical (unpaired) electrons. The number of fused-ring (bicyclic) bond motifs is 1. The fourth-order valence-corrected chi connectivity index (χ4v) is 2.56. The van der Waals surface area contributed by atoms with Crippen molar-refractivity contribution in [2.75, 3.05) is 31.7 Å². The van der Waals surface area contributed by atoms with Gasteiger partial charge in [-0.3, -0.25) is 0 Å². The summed E-state index contributed by atoms with van der Waals surface area (Å²) in [5, 5.41) is 13.3. The number of hydrogen-bond donors (Lipinski definition) is 3. The van der Waals surface area contributed by atoms with E-state index in [0.29, 0.717) is 30.7 Å². The highest BCUT2D eigenvalue weighted by atomic mass is 35.5. The van der Waals surface area contributed by atoms with Crippen molar-refractivity contribution in [1.82, 2.24) is 15.0 Å². The third-order valence-corrected chi connectivity index (χ3v) is 3.54. The molecule has 3 aromatic heterocycles. The first-order valence-electron chi connectivity index (χ1n) is 7.30. The van der Waals surface area contributed by atoms with Crippen LogP contribution >= 0.6 is 11.6 Å². The number of nitrogens with one attached hydrogen (secondary N) is 2. The number of anilines is 1. The fourth-order valence-electron chi connectivity index (χ4n) is 2.36. The molecular formula is C16H17ClN4O2. The number of pyridine rings is 2. The van der Waals surface area contributed by atoms with E-state index in [1.54, 1.807) is 6.20 Å². The van der Waals surface area contributed by atoms with Crippen molar-refractivity contribution in [3.05, 3.63) is 41.8 Å². The molecule has 0 aliphatic carbocycles. The second-order valence-electron chi connectivity index (χ2n) is 4.93. The highest BCUT2D eigenvalue weighted by molar-refractivity contribution is 6.29. The largest absolute Gasteiger partial charge is 0.394 e. The van der Waals surface area contributed by atoms with Crippen LogP contribution in [0.1, 0.15) is 0 Å². The van der Waals surface area contributed by atoms with Crippen molar-refractivity contribution in [3.63, 3.8) is 0 Å². The molecule has 0 spiro atoms. The lowest BCUT2D eigenvalue weighted by molar-refractivity contribution is 0.0992. The Labute approximate surface area is 138 Å². The van der Waals surface area contributed by atoms with Crippen molar-refractivity contribution < 1.29 is 9.84 Å². The highest BCUT2D eigenvalue weighted by Crippen LogP contribution is 2.30. The molecule has 120 valence electrons. The maximum Gasteiger partial charge on any atom is 0.137 e. The molecule has 23 heavy (non-hydrogen) atoms. The molecule has 3 N–H and O–H groups in total. The van der Waals surface area contributed by atoms with Crippen LogP contribution in [-0.4, -0.2) is 46.4 Å². The lowest BCUT2D eigenvalue weighted by Gasteiger charge is -2.08. The summed E-state index contributed by atoms with van der Waals surface area (Å²) < 4.78 is 5.21. The Morgan fingerprint density at radius 1 is 1.30 bits per heavy atom. The minimum absolute atomic E-state index is 0.0220. The van der Waals surface area contributed by atoms with Crippen LogP contribution in [0, 0.1) is 0 Å². The van der Waals surface area contributed by atoms with Crippen molar-refractivity contribution >= 4 is 28.5 Å². The van der Waals surface area contributed by atoms with Gasteiger partial charge in [0.25, 0.3) is 0 Å². The second-order valence-corrected chi connectivity index (χ2v) is 5.32. The summed E-state index contributed by atoms with van der Waals surface area (Å²) in [5.41, 5.74) is 2.82. The SMILES string of the molecule is OCCOCCNc1cc(-c2c[nH]c3ncccc23)cc(Cl)n1. The lowest BCUT2D eigenvalue weighted by Crippen LogP contribution is -2.12. The molecule has 0 amide bonds. The first-order valence-corrected chi connectivity index (χ1v) is 7.68. The summed E-state index contributed by atoms with van der Waals surface area (Å²) in [6.07, 6.45) is 3.67. The summed E-state index contributed by atoms with van der Waals surface area (Å²) in [6, 6.07) is 7.68. The van der Waals surface area contributed by atoms with Gasteiger partial charge in [0.05, 0.1) is 19.8 Å². The van der Waals surface area contributed by atoms with Gasteiger partial charge >= 0.3 is 0 Å². The second kappa shape index (κ2) is 7.41. The van der Waals surface area contributed by atoms with Crippen molar-refractivity contribution in [1.29, 1.82) is 0 Å². The Morgan fingerprint density at radius 2 is 2.22 bits per heavy atom. The van der Waals surface area contributed by atoms with Gasteiger partial charge in [0.1, 0.15) is 16.6 Å². The molecule has 0 unspecified atom stereocenters. The Kier molecular flexibility index (Phi) is 5.07. The number of aliphatic hydroxyl groups excluding tert-OH is 1. The number of ether oxygens (including phenoxy) is 1. The van der Waals surface area contributed by atoms with Crippen LogP contribution in [0.15, 0.2) is 36.7 Å². The van der Waals surface area contributed by atoms with Gasteiger partial charge in [-0.2, -0.15) is 0 Å². The van der Waals surface area contributed by atoms with E-state index in [2.05, 4.69) is 20.3 Å². The first kappa shape index (κ1) is 15.7. The number of aromatic nitrogens is 3. The van der Waals surface area contributed by atoms with E-state index in [9.17, 15) is 0 Å². The van der Waals surface area contributed by atoms with Crippen LogP contribution in [0.2, 0.25) is 5.15 Å². The van der Waals surface area contributed by atoms with E-state index in [1.165, 1.54) is 0 Å². The van der Waals surface area contributed by atoms with Gasteiger partial charge in [-0.15, -0.1) is 0 Å². The van der Waals surface area contributed by atoms with Crippen molar-refractivity contribution in [2.24, 2.45) is 0 Å². The van der Waals surface area contributed by atoms with Crippen molar-refractivity contribution in [2.45, 2.75) is 0 Å². The first-order chi connectivity index (χ1) is 11.3. The van der Waals surface area contributed by atoms with Crippen molar-refractivity contribution in [3.8, 4) is 11.1 Å². The predicted molar refractivity (Wildman–Crippen MR) is 90.7 cm³/mol. The molecule has 3 rings (SSSR count). The Hall–Kier alpha value is -2.15. The fraction of sp³-hybridized carbons (Fsp3) is 0.250. The molecule has 7 heteroatoms. The van der Waals surface area contributed by atoms with Gasteiger partial charge in [-0.05, 0) is 29.8 Å². The van der Waals surface area contributed by atoms with E-state index < -0.39 is 0 Å². The average Bonchev–Trinajstić information content (AvgIpc) is 2.98. The van der Waals surface area contributed by atoms with Crippen LogP contribution < -0.4 is 5.32 Å². The zero-order chi connectivity index (χ0) is 16.1. The number of aliphatic hydroxyl groups is 1. The predicted octanol–water partition coefficient (Wildman–Crippen LogP) is 2.70. The maximum absolute atomic E-state index is 8.66. The minimum Gasteiger partial charge on any atom is -0.394 e. The van der Waals surface area contributed by atoms with Crippen LogP contribution in [0.3, 0.4) is 0 Å². The van der Waals surface area contributed by atoms with Crippen LogP contribution in [0.25, 0.3) is 22.2 Å². The third kappa shape index (κ3) is 3.79. The molecular weight excluding hydrogens is 316 g/mol. The van der Waals surface area contributed by atoms with E-state index in [-0.39, 0.29) is 6.61 Å². The van der Waals surface area contributed by atoms with Gasteiger partial charge in [-0.25, -0.2) is 9.97 Å². The van der Waals surface area contributed by atoms with E-state index in [0.717, 1.165) is 22.2 Å². The quantitative estimate of drug-likeness (QED) is 0.457. The van der Waals surface area contributed by atoms with Gasteiger partial charge in [0.2, 0.25) is 0 Å². The Balaban J connectivity index is 1.80. The number of hydrogen-bond acceptors (Lipinski definition) is 5. The molecule has 0 aromatic carbocycles. The highest BCUT2D eigenvalue weighted by Gasteiger charge is 2.09. The molecule has 3 heterocycles. The number of aromatic amines is 1. The zero-order valence-electron chi connectivity index (χ0n) is 12.4. The zero-order valence-corrected chi connectivity index (χ0v) is 13.2. The molecule has 0 fully saturated rings. The summed E-state index contributed by atoms with van der Waals surface area (Å²) in [4.78, 5) is 11.7. The maximum atomic E-state index is 8.66. The van der Waals surface area contributed by atoms with Crippen LogP contribution in [-0.2, 0) is 4.74 Å². The molecule has 0 saturated carbocycles. The van der Waals surface area contributed by atoms with Gasteiger partial charge in [0, 0.05) is 29.9 Å². The molecule has 0 saturated heterocycles. The van der Waals surface area contributed by atoms with Crippen LogP contribution in [0.5, 0.6) is 0 Å². The Morgan fingerprint density at radius 3 is 3.09 bits per heavy atom. The normalized spacial score (nSPS) is 11.0. The van der Waals surface area contributed by atoms with Gasteiger partial charge < -0.3 is 20.1 Å². The van der Waals surface area contributed by atoms with Crippen LogP contribution in [0.4, 0.5) is 5.82 Å². The standard InChI is InChI=1S/C16H17ClN4O2/c17-14-8-11(9-15(21-14)18-4-6-23-7-5-22)13-10-20-16-12(13)2-1-3-19-16/h1-3,8-10,22H,4-7H2,(H,18,21)(H,19,20). The number of halogens is 1. The Bertz CT molecular complexity index is 791. The molecule has 3 aromatic rings. The monoisotopic (exact) mass is 332 g/mol. The van der Waals surface area contributed by atoms with E-state index in [4.69, 9.17) is 21.4 Å². The van der Waals surface area contributed by atoms with Gasteiger partial charge in [0.15, 0.2) is 0 Å². The lowest BCUT2D eigenvalue weighted by atomic mass is 10.1. The van der Waals surface area contributed by atoms with E-state index in [1.807, 2.05) is 30.5 Å². The topological polar surface area (TPSA) is 83.1 Å². The smallest absolute Gasteiger partial charge is 0.137 e. The summed E-state index contributed by atoms with van der Waals surface area (Å²) in [7, 11) is 0.